The molecule has 4 rings (SSSR count). The molecule has 0 spiro atoms. The molecule has 0 N–H and O–H groups in total. The molecule has 160 valence electrons. The predicted molar refractivity (Wildman–Crippen MR) is 118 cm³/mol. The Hall–Kier alpha value is -3.21. The Labute approximate surface area is 182 Å². The van der Waals surface area contributed by atoms with Crippen molar-refractivity contribution in [3.8, 4) is 5.75 Å². The molecule has 1 aliphatic rings. The lowest BCUT2D eigenvalue weighted by Gasteiger charge is -2.25. The SMILES string of the molecule is COc1ccc(CCC(=O)N2CCCC2c2cccc(Cc3ccccc3F)n2)cc1. The Morgan fingerprint density at radius 1 is 1.10 bits per heavy atom. The van der Waals surface area contributed by atoms with Gasteiger partial charge in [0.05, 0.1) is 18.8 Å². The van der Waals surface area contributed by atoms with Gasteiger partial charge in [-0.25, -0.2) is 4.39 Å². The van der Waals surface area contributed by atoms with Gasteiger partial charge in [-0.15, -0.1) is 0 Å². The summed E-state index contributed by atoms with van der Waals surface area (Å²) in [7, 11) is 1.64. The monoisotopic (exact) mass is 418 g/mol. The van der Waals surface area contributed by atoms with Gasteiger partial charge in [-0.05, 0) is 60.7 Å². The summed E-state index contributed by atoms with van der Waals surface area (Å²) in [6.45, 7) is 0.755. The average molecular weight is 419 g/mol. The molecule has 1 aliphatic heterocycles. The van der Waals surface area contributed by atoms with Gasteiger partial charge in [0.1, 0.15) is 11.6 Å². The number of benzene rings is 2. The largest absolute Gasteiger partial charge is 0.497 e. The van der Waals surface area contributed by atoms with E-state index in [1.807, 2.05) is 53.4 Å². The molecule has 3 aromatic rings. The Bertz CT molecular complexity index is 1040. The van der Waals surface area contributed by atoms with Crippen molar-refractivity contribution in [3.63, 3.8) is 0 Å². The molecular formula is C26H27FN2O2. The van der Waals surface area contributed by atoms with Gasteiger partial charge < -0.3 is 9.64 Å². The zero-order valence-electron chi connectivity index (χ0n) is 17.8. The number of nitrogens with zero attached hydrogens (tertiary/aromatic N) is 2. The molecule has 1 fully saturated rings. The number of carbonyl (C=O) groups excluding carboxylic acids is 1. The zero-order valence-corrected chi connectivity index (χ0v) is 17.8. The molecule has 0 saturated carbocycles. The van der Waals surface area contributed by atoms with E-state index in [2.05, 4.69) is 0 Å². The van der Waals surface area contributed by atoms with E-state index >= 15 is 0 Å². The molecule has 1 saturated heterocycles. The lowest BCUT2D eigenvalue weighted by atomic mass is 10.1. The van der Waals surface area contributed by atoms with Gasteiger partial charge in [0, 0.05) is 25.1 Å². The van der Waals surface area contributed by atoms with E-state index in [0.29, 0.717) is 24.8 Å². The number of aryl methyl sites for hydroxylation is 1. The number of methoxy groups -OCH3 is 1. The van der Waals surface area contributed by atoms with Crippen molar-refractivity contribution < 1.29 is 13.9 Å². The van der Waals surface area contributed by atoms with Gasteiger partial charge >= 0.3 is 0 Å². The number of halogens is 1. The van der Waals surface area contributed by atoms with E-state index in [1.165, 1.54) is 6.07 Å². The standard InChI is InChI=1S/C26H27FN2O2/c1-31-22-14-11-19(12-15-22)13-16-26(30)29-17-5-10-25(29)24-9-4-7-21(28-24)18-20-6-2-3-8-23(20)27/h2-4,6-9,11-12,14-15,25H,5,10,13,16-18H2,1H3. The number of hydrogen-bond donors (Lipinski definition) is 0. The third-order valence-corrected chi connectivity index (χ3v) is 5.86. The number of ether oxygens (including phenoxy) is 1. The Kier molecular flexibility index (Phi) is 6.60. The fourth-order valence-electron chi connectivity index (χ4n) is 4.18. The first kappa shape index (κ1) is 21.0. The molecule has 31 heavy (non-hydrogen) atoms. The third kappa shape index (κ3) is 5.10. The number of rotatable bonds is 7. The maximum atomic E-state index is 14.0. The van der Waals surface area contributed by atoms with Crippen molar-refractivity contribution in [2.75, 3.05) is 13.7 Å². The molecule has 0 radical (unpaired) electrons. The molecule has 5 heteroatoms. The van der Waals surface area contributed by atoms with Crippen LogP contribution in [-0.2, 0) is 17.6 Å². The first-order valence-corrected chi connectivity index (χ1v) is 10.8. The van der Waals surface area contributed by atoms with E-state index in [4.69, 9.17) is 9.72 Å². The maximum absolute atomic E-state index is 14.0. The van der Waals surface area contributed by atoms with Gasteiger partial charge in [0.25, 0.3) is 0 Å². The average Bonchev–Trinajstić information content (AvgIpc) is 3.30. The topological polar surface area (TPSA) is 42.4 Å². The summed E-state index contributed by atoms with van der Waals surface area (Å²) in [5.41, 5.74) is 3.46. The molecular weight excluding hydrogens is 391 g/mol. The van der Waals surface area contributed by atoms with Crippen LogP contribution in [0, 0.1) is 5.82 Å². The molecule has 1 unspecified atom stereocenters. The smallest absolute Gasteiger partial charge is 0.223 e. The fourth-order valence-corrected chi connectivity index (χ4v) is 4.18. The highest BCUT2D eigenvalue weighted by molar-refractivity contribution is 5.77. The van der Waals surface area contributed by atoms with Crippen molar-refractivity contribution in [2.24, 2.45) is 0 Å². The molecule has 1 aromatic heterocycles. The zero-order chi connectivity index (χ0) is 21.6. The number of amides is 1. The highest BCUT2D eigenvalue weighted by atomic mass is 19.1. The minimum absolute atomic E-state index is 0.0102. The van der Waals surface area contributed by atoms with Crippen LogP contribution >= 0.6 is 0 Å². The summed E-state index contributed by atoms with van der Waals surface area (Å²) >= 11 is 0. The van der Waals surface area contributed by atoms with Gasteiger partial charge in [-0.2, -0.15) is 0 Å². The first-order chi connectivity index (χ1) is 15.1. The number of carbonyl (C=O) groups is 1. The molecule has 1 amide bonds. The molecule has 1 atom stereocenters. The summed E-state index contributed by atoms with van der Waals surface area (Å²) in [6, 6.07) is 20.5. The molecule has 0 bridgehead atoms. The van der Waals surface area contributed by atoms with Crippen molar-refractivity contribution in [2.45, 2.75) is 38.1 Å². The second-order valence-corrected chi connectivity index (χ2v) is 7.92. The number of aromatic nitrogens is 1. The van der Waals surface area contributed by atoms with E-state index in [9.17, 15) is 9.18 Å². The van der Waals surface area contributed by atoms with Crippen LogP contribution in [0.15, 0.2) is 66.7 Å². The lowest BCUT2D eigenvalue weighted by molar-refractivity contribution is -0.132. The van der Waals surface area contributed by atoms with E-state index in [-0.39, 0.29) is 17.8 Å². The van der Waals surface area contributed by atoms with Gasteiger partial charge in [0.2, 0.25) is 5.91 Å². The van der Waals surface area contributed by atoms with Crippen LogP contribution in [0.1, 0.15) is 47.8 Å². The Balaban J connectivity index is 1.42. The summed E-state index contributed by atoms with van der Waals surface area (Å²) in [4.78, 5) is 19.7. The van der Waals surface area contributed by atoms with Crippen molar-refractivity contribution in [1.29, 1.82) is 0 Å². The normalized spacial score (nSPS) is 15.8. The summed E-state index contributed by atoms with van der Waals surface area (Å²) < 4.78 is 19.2. The first-order valence-electron chi connectivity index (χ1n) is 10.8. The van der Waals surface area contributed by atoms with Crippen LogP contribution in [0.2, 0.25) is 0 Å². The summed E-state index contributed by atoms with van der Waals surface area (Å²) in [6.07, 6.45) is 3.49. The van der Waals surface area contributed by atoms with Crippen molar-refractivity contribution in [1.82, 2.24) is 9.88 Å². The highest BCUT2D eigenvalue weighted by Crippen LogP contribution is 2.32. The van der Waals surface area contributed by atoms with Crippen LogP contribution in [-0.4, -0.2) is 29.4 Å². The minimum atomic E-state index is -0.217. The van der Waals surface area contributed by atoms with E-state index in [0.717, 1.165) is 42.1 Å². The van der Waals surface area contributed by atoms with Crippen LogP contribution in [0.3, 0.4) is 0 Å². The second kappa shape index (κ2) is 9.73. The predicted octanol–water partition coefficient (Wildman–Crippen LogP) is 5.12. The van der Waals surface area contributed by atoms with Gasteiger partial charge in [-0.3, -0.25) is 9.78 Å². The van der Waals surface area contributed by atoms with Crippen LogP contribution in [0.5, 0.6) is 5.75 Å². The van der Waals surface area contributed by atoms with Crippen LogP contribution < -0.4 is 4.74 Å². The maximum Gasteiger partial charge on any atom is 0.223 e. The number of hydrogen-bond acceptors (Lipinski definition) is 3. The summed E-state index contributed by atoms with van der Waals surface area (Å²) in [5.74, 6) is 0.751. The fraction of sp³-hybridized carbons (Fsp3) is 0.308. The van der Waals surface area contributed by atoms with Crippen molar-refractivity contribution in [3.05, 3.63) is 95.1 Å². The number of pyridine rings is 1. The number of likely N-dealkylation sites (tertiary alicyclic amines) is 1. The molecule has 0 aliphatic carbocycles. The molecule has 2 heterocycles. The Morgan fingerprint density at radius 2 is 1.90 bits per heavy atom. The molecule has 4 nitrogen and oxygen atoms in total. The lowest BCUT2D eigenvalue weighted by Crippen LogP contribution is -2.31. The third-order valence-electron chi connectivity index (χ3n) is 5.86. The van der Waals surface area contributed by atoms with Crippen LogP contribution in [0.4, 0.5) is 4.39 Å². The quantitative estimate of drug-likeness (QED) is 0.535. The van der Waals surface area contributed by atoms with Gasteiger partial charge in [0.15, 0.2) is 0 Å². The summed E-state index contributed by atoms with van der Waals surface area (Å²) in [5, 5.41) is 0. The van der Waals surface area contributed by atoms with Gasteiger partial charge in [-0.1, -0.05) is 36.4 Å². The minimum Gasteiger partial charge on any atom is -0.497 e. The van der Waals surface area contributed by atoms with E-state index in [1.54, 1.807) is 19.2 Å². The molecule has 2 aromatic carbocycles. The second-order valence-electron chi connectivity index (χ2n) is 7.92. The van der Waals surface area contributed by atoms with Crippen LogP contribution in [0.25, 0.3) is 0 Å². The van der Waals surface area contributed by atoms with E-state index < -0.39 is 0 Å². The Morgan fingerprint density at radius 3 is 2.68 bits per heavy atom. The highest BCUT2D eigenvalue weighted by Gasteiger charge is 2.30. The van der Waals surface area contributed by atoms with Crippen molar-refractivity contribution >= 4 is 5.91 Å².